The predicted octanol–water partition coefficient (Wildman–Crippen LogP) is 3.36. The summed E-state index contributed by atoms with van der Waals surface area (Å²) in [5.74, 6) is 0.345. The third-order valence-electron chi connectivity index (χ3n) is 5.08. The van der Waals surface area contributed by atoms with Crippen molar-refractivity contribution in [3.63, 3.8) is 0 Å². The van der Waals surface area contributed by atoms with Gasteiger partial charge in [0, 0.05) is 24.8 Å². The van der Waals surface area contributed by atoms with E-state index in [1.165, 1.54) is 17.5 Å². The van der Waals surface area contributed by atoms with E-state index in [1.54, 1.807) is 32.0 Å². The lowest BCUT2D eigenvalue weighted by Gasteiger charge is -2.36. The normalized spacial score (nSPS) is 17.6. The monoisotopic (exact) mass is 418 g/mol. The molecule has 0 saturated carbocycles. The van der Waals surface area contributed by atoms with Crippen LogP contribution in [0.15, 0.2) is 28.8 Å². The van der Waals surface area contributed by atoms with Crippen molar-refractivity contribution in [2.75, 3.05) is 19.8 Å². The molecule has 3 heterocycles. The Balaban J connectivity index is 1.64. The molecule has 0 unspecified atom stereocenters. The Labute approximate surface area is 175 Å². The molecule has 1 fully saturated rings. The van der Waals surface area contributed by atoms with E-state index in [0.29, 0.717) is 53.2 Å². The lowest BCUT2D eigenvalue weighted by molar-refractivity contribution is 0.0125. The van der Waals surface area contributed by atoms with Crippen molar-refractivity contribution in [1.82, 2.24) is 10.3 Å². The zero-order valence-electron chi connectivity index (χ0n) is 18.3. The molecule has 0 radical (unpaired) electrons. The first-order valence-corrected chi connectivity index (χ1v) is 10.2. The Morgan fingerprint density at radius 2 is 2.21 bits per heavy atom. The van der Waals surface area contributed by atoms with Gasteiger partial charge in [0.25, 0.3) is 5.91 Å². The molecular formula is C21H24N2O5S. The van der Waals surface area contributed by atoms with Crippen LogP contribution in [0.3, 0.4) is 0 Å². The van der Waals surface area contributed by atoms with Crippen LogP contribution in [0.25, 0.3) is 11.0 Å². The second-order valence-electron chi connectivity index (χ2n) is 7.14. The summed E-state index contributed by atoms with van der Waals surface area (Å²) in [6.45, 7) is 2.19. The molecule has 2 aromatic heterocycles. The first-order valence-electron chi connectivity index (χ1n) is 10.4. The van der Waals surface area contributed by atoms with Crippen LogP contribution < -0.4 is 10.1 Å². The number of amides is 1. The third kappa shape index (κ3) is 4.14. The van der Waals surface area contributed by atoms with Crippen molar-refractivity contribution in [1.29, 1.82) is 0 Å². The number of hydrogen-bond donors (Lipinski definition) is 2. The number of ether oxygens (including phenoxy) is 2. The smallest absolute Gasteiger partial charge is 0.255 e. The number of nitrogens with one attached hydrogen (secondary N) is 1. The average molecular weight is 419 g/mol. The van der Waals surface area contributed by atoms with E-state index in [-0.39, 0.29) is 18.3 Å². The summed E-state index contributed by atoms with van der Waals surface area (Å²) in [5, 5.41) is 14.1. The van der Waals surface area contributed by atoms with Gasteiger partial charge in [-0.3, -0.25) is 4.79 Å². The maximum atomic E-state index is 13.1. The molecule has 0 spiro atoms. The molecular weight excluding hydrogens is 392 g/mol. The highest BCUT2D eigenvalue weighted by Gasteiger charge is 2.35. The largest absolute Gasteiger partial charge is 0.488 e. The highest BCUT2D eigenvalue weighted by Crippen LogP contribution is 2.31. The third-order valence-corrected chi connectivity index (χ3v) is 5.89. The lowest BCUT2D eigenvalue weighted by atomic mass is 9.90. The quantitative estimate of drug-likeness (QED) is 0.638. The SMILES string of the molecule is [2H]C([2H])(Oc1ccc2oc(C)c(C(=O)NC3(CO)CCOCC3)c2c1)c1cnc(C)s1. The summed E-state index contributed by atoms with van der Waals surface area (Å²) < 4.78 is 33.2. The number of aliphatic hydroxyl groups is 1. The molecule has 1 aliphatic rings. The number of fused-ring (bicyclic) bond motifs is 1. The van der Waals surface area contributed by atoms with Gasteiger partial charge in [0.15, 0.2) is 0 Å². The van der Waals surface area contributed by atoms with Crippen LogP contribution >= 0.6 is 11.3 Å². The van der Waals surface area contributed by atoms with Crippen molar-refractivity contribution < 1.29 is 26.5 Å². The summed E-state index contributed by atoms with van der Waals surface area (Å²) in [6, 6.07) is 4.85. The molecule has 1 aliphatic heterocycles. The molecule has 0 atom stereocenters. The maximum absolute atomic E-state index is 13.1. The Morgan fingerprint density at radius 3 is 2.90 bits per heavy atom. The second kappa shape index (κ2) is 8.14. The first-order chi connectivity index (χ1) is 14.7. The van der Waals surface area contributed by atoms with Gasteiger partial charge in [0.05, 0.1) is 30.3 Å². The number of nitrogens with zero attached hydrogens (tertiary/aromatic N) is 1. The van der Waals surface area contributed by atoms with Gasteiger partial charge in [-0.05, 0) is 44.9 Å². The molecule has 7 nitrogen and oxygen atoms in total. The van der Waals surface area contributed by atoms with Crippen molar-refractivity contribution in [2.24, 2.45) is 0 Å². The van der Waals surface area contributed by atoms with Crippen LogP contribution in [-0.4, -0.2) is 41.4 Å². The highest BCUT2D eigenvalue weighted by atomic mass is 32.1. The Hall–Kier alpha value is -2.42. The fraction of sp³-hybridized carbons (Fsp3) is 0.429. The summed E-state index contributed by atoms with van der Waals surface area (Å²) in [5.41, 5.74) is 0.101. The molecule has 3 aromatic rings. The number of carbonyl (C=O) groups is 1. The predicted molar refractivity (Wildman–Crippen MR) is 109 cm³/mol. The van der Waals surface area contributed by atoms with Crippen LogP contribution in [-0.2, 0) is 11.3 Å². The molecule has 1 amide bonds. The molecule has 8 heteroatoms. The number of benzene rings is 1. The molecule has 0 aliphatic carbocycles. The molecule has 2 N–H and O–H groups in total. The van der Waals surface area contributed by atoms with Gasteiger partial charge in [-0.25, -0.2) is 4.98 Å². The van der Waals surface area contributed by atoms with E-state index in [2.05, 4.69) is 10.3 Å². The topological polar surface area (TPSA) is 93.8 Å². The van der Waals surface area contributed by atoms with Crippen molar-refractivity contribution in [3.05, 3.63) is 45.6 Å². The van der Waals surface area contributed by atoms with E-state index >= 15 is 0 Å². The van der Waals surface area contributed by atoms with Crippen molar-refractivity contribution in [2.45, 2.75) is 38.8 Å². The summed E-state index contributed by atoms with van der Waals surface area (Å²) in [6.07, 6.45) is 2.50. The summed E-state index contributed by atoms with van der Waals surface area (Å²) in [4.78, 5) is 17.6. The number of aliphatic hydroxyl groups excluding tert-OH is 1. The standard InChI is InChI=1S/C21H24N2O5S/c1-13-19(20(25)23-21(12-24)5-7-26-8-6-21)17-9-15(3-4-18(17)28-13)27-11-16-10-22-14(2)29-16/h3-4,9-10,24H,5-8,11-12H2,1-2H3,(H,23,25)/i11D2. The van der Waals surface area contributed by atoms with Crippen molar-refractivity contribution >= 4 is 28.2 Å². The molecule has 1 aromatic carbocycles. The minimum atomic E-state index is -2.07. The lowest BCUT2D eigenvalue weighted by Crippen LogP contribution is -2.54. The van der Waals surface area contributed by atoms with Gasteiger partial charge in [0.2, 0.25) is 0 Å². The van der Waals surface area contributed by atoms with Crippen LogP contribution in [0.1, 0.15) is 41.6 Å². The molecule has 1 saturated heterocycles. The number of carbonyl (C=O) groups excluding carboxylic acids is 1. The van der Waals surface area contributed by atoms with E-state index in [4.69, 9.17) is 16.6 Å². The van der Waals surface area contributed by atoms with E-state index in [0.717, 1.165) is 5.01 Å². The fourth-order valence-corrected chi connectivity index (χ4v) is 4.06. The van der Waals surface area contributed by atoms with E-state index in [1.807, 2.05) is 0 Å². The zero-order chi connectivity index (χ0) is 22.2. The van der Waals surface area contributed by atoms with E-state index < -0.39 is 12.1 Å². The Kier molecular flexibility index (Phi) is 4.89. The maximum Gasteiger partial charge on any atom is 0.255 e. The number of rotatable bonds is 6. The molecule has 154 valence electrons. The van der Waals surface area contributed by atoms with Gasteiger partial charge in [-0.15, -0.1) is 11.3 Å². The van der Waals surface area contributed by atoms with Crippen LogP contribution in [0, 0.1) is 13.8 Å². The fourth-order valence-electron chi connectivity index (χ4n) is 3.45. The van der Waals surface area contributed by atoms with E-state index in [9.17, 15) is 9.90 Å². The number of furan rings is 1. The number of thiazole rings is 1. The summed E-state index contributed by atoms with van der Waals surface area (Å²) in [7, 11) is 0. The molecule has 0 bridgehead atoms. The summed E-state index contributed by atoms with van der Waals surface area (Å²) >= 11 is 1.22. The van der Waals surface area contributed by atoms with Crippen LogP contribution in [0.5, 0.6) is 5.75 Å². The average Bonchev–Trinajstić information content (AvgIpc) is 3.31. The highest BCUT2D eigenvalue weighted by molar-refractivity contribution is 7.11. The van der Waals surface area contributed by atoms with Gasteiger partial charge in [-0.2, -0.15) is 0 Å². The molecule has 29 heavy (non-hydrogen) atoms. The zero-order valence-corrected chi connectivity index (χ0v) is 17.1. The molecule has 4 rings (SSSR count). The van der Waals surface area contributed by atoms with Crippen molar-refractivity contribution in [3.8, 4) is 5.75 Å². The van der Waals surface area contributed by atoms with Crippen LogP contribution in [0.4, 0.5) is 0 Å². The van der Waals surface area contributed by atoms with Gasteiger partial charge in [0.1, 0.15) is 23.7 Å². The second-order valence-corrected chi connectivity index (χ2v) is 8.38. The van der Waals surface area contributed by atoms with Crippen LogP contribution in [0.2, 0.25) is 0 Å². The Bertz CT molecular complexity index is 1100. The number of hydrogen-bond acceptors (Lipinski definition) is 7. The number of aromatic nitrogens is 1. The minimum Gasteiger partial charge on any atom is -0.488 e. The Morgan fingerprint density at radius 1 is 1.41 bits per heavy atom. The van der Waals surface area contributed by atoms with Gasteiger partial charge < -0.3 is 24.3 Å². The van der Waals surface area contributed by atoms with Gasteiger partial charge >= 0.3 is 0 Å². The first kappa shape index (κ1) is 17.4. The van der Waals surface area contributed by atoms with Gasteiger partial charge in [-0.1, -0.05) is 0 Å². The minimum absolute atomic E-state index is 0.181. The number of aryl methyl sites for hydroxylation is 2.